The van der Waals surface area contributed by atoms with E-state index in [1.165, 1.54) is 7.11 Å². The topological polar surface area (TPSA) is 47.9 Å². The Labute approximate surface area is 83.3 Å². The van der Waals surface area contributed by atoms with Crippen molar-refractivity contribution in [3.8, 4) is 0 Å². The molecule has 0 aromatic carbocycles. The SMILES string of the molecule is COC(=O)C12CC(C)CC1C(C)=NO2. The molecular formula is C10H15NO3. The Morgan fingerprint density at radius 2 is 2.43 bits per heavy atom. The summed E-state index contributed by atoms with van der Waals surface area (Å²) in [6.45, 7) is 4.03. The van der Waals surface area contributed by atoms with Crippen LogP contribution >= 0.6 is 0 Å². The van der Waals surface area contributed by atoms with Gasteiger partial charge in [-0.25, -0.2) is 4.79 Å². The van der Waals surface area contributed by atoms with Gasteiger partial charge in [-0.1, -0.05) is 12.1 Å². The number of fused-ring (bicyclic) bond motifs is 1. The van der Waals surface area contributed by atoms with E-state index in [2.05, 4.69) is 12.1 Å². The fourth-order valence-electron chi connectivity index (χ4n) is 2.60. The van der Waals surface area contributed by atoms with Gasteiger partial charge in [0.25, 0.3) is 0 Å². The summed E-state index contributed by atoms with van der Waals surface area (Å²) < 4.78 is 4.80. The molecule has 0 amide bonds. The van der Waals surface area contributed by atoms with Crippen LogP contribution < -0.4 is 0 Å². The summed E-state index contributed by atoms with van der Waals surface area (Å²) in [7, 11) is 1.40. The number of hydrogen-bond donors (Lipinski definition) is 0. The molecule has 1 aliphatic heterocycles. The molecule has 1 saturated carbocycles. The highest BCUT2D eigenvalue weighted by molar-refractivity contribution is 5.95. The highest BCUT2D eigenvalue weighted by Crippen LogP contribution is 2.47. The van der Waals surface area contributed by atoms with Crippen LogP contribution in [0.4, 0.5) is 0 Å². The molecule has 1 heterocycles. The maximum Gasteiger partial charge on any atom is 0.353 e. The van der Waals surface area contributed by atoms with Gasteiger partial charge in [0.05, 0.1) is 18.7 Å². The van der Waals surface area contributed by atoms with E-state index in [0.29, 0.717) is 12.3 Å². The summed E-state index contributed by atoms with van der Waals surface area (Å²) in [4.78, 5) is 17.0. The lowest BCUT2D eigenvalue weighted by Gasteiger charge is -2.23. The summed E-state index contributed by atoms with van der Waals surface area (Å²) in [6, 6.07) is 0. The molecule has 1 fully saturated rings. The van der Waals surface area contributed by atoms with Crippen LogP contribution in [0.2, 0.25) is 0 Å². The van der Waals surface area contributed by atoms with E-state index in [1.807, 2.05) is 6.92 Å². The van der Waals surface area contributed by atoms with E-state index in [-0.39, 0.29) is 11.9 Å². The molecule has 0 bridgehead atoms. The number of hydrogen-bond acceptors (Lipinski definition) is 4. The predicted octanol–water partition coefficient (Wildman–Crippen LogP) is 1.35. The van der Waals surface area contributed by atoms with Crippen LogP contribution in [-0.2, 0) is 14.4 Å². The molecule has 4 heteroatoms. The zero-order valence-electron chi connectivity index (χ0n) is 8.74. The molecule has 2 aliphatic rings. The van der Waals surface area contributed by atoms with Crippen LogP contribution in [0, 0.1) is 11.8 Å². The quantitative estimate of drug-likeness (QED) is 0.596. The average molecular weight is 197 g/mol. The van der Waals surface area contributed by atoms with Crippen molar-refractivity contribution in [1.29, 1.82) is 0 Å². The summed E-state index contributed by atoms with van der Waals surface area (Å²) >= 11 is 0. The molecule has 0 aromatic heterocycles. The molecule has 0 saturated heterocycles. The average Bonchev–Trinajstić information content (AvgIpc) is 2.64. The Balaban J connectivity index is 2.30. The first kappa shape index (κ1) is 9.49. The summed E-state index contributed by atoms with van der Waals surface area (Å²) in [5, 5.41) is 3.91. The van der Waals surface area contributed by atoms with Gasteiger partial charge in [0, 0.05) is 6.42 Å². The van der Waals surface area contributed by atoms with E-state index in [4.69, 9.17) is 9.57 Å². The molecule has 14 heavy (non-hydrogen) atoms. The van der Waals surface area contributed by atoms with Crippen LogP contribution in [0.15, 0.2) is 5.16 Å². The third-order valence-electron chi connectivity index (χ3n) is 3.24. The minimum atomic E-state index is -0.807. The number of nitrogens with zero attached hydrogens (tertiary/aromatic N) is 1. The number of methoxy groups -OCH3 is 1. The molecular weight excluding hydrogens is 182 g/mol. The Bertz CT molecular complexity index is 300. The number of carbonyl (C=O) groups excluding carboxylic acids is 1. The van der Waals surface area contributed by atoms with Gasteiger partial charge < -0.3 is 9.57 Å². The lowest BCUT2D eigenvalue weighted by atomic mass is 9.88. The summed E-state index contributed by atoms with van der Waals surface area (Å²) in [6.07, 6.45) is 1.68. The van der Waals surface area contributed by atoms with Crippen molar-refractivity contribution in [2.24, 2.45) is 17.0 Å². The Hall–Kier alpha value is -1.06. The van der Waals surface area contributed by atoms with Gasteiger partial charge in [0.1, 0.15) is 0 Å². The molecule has 0 radical (unpaired) electrons. The minimum absolute atomic E-state index is 0.116. The standard InChI is InChI=1S/C10H15NO3/c1-6-4-8-7(2)11-14-10(8,5-6)9(12)13-3/h6,8H,4-5H2,1-3H3. The predicted molar refractivity (Wildman–Crippen MR) is 50.8 cm³/mol. The Morgan fingerprint density at radius 3 is 3.07 bits per heavy atom. The molecule has 0 spiro atoms. The van der Waals surface area contributed by atoms with Crippen molar-refractivity contribution in [2.75, 3.05) is 7.11 Å². The highest BCUT2D eigenvalue weighted by atomic mass is 16.7. The van der Waals surface area contributed by atoms with Crippen LogP contribution in [-0.4, -0.2) is 24.4 Å². The third-order valence-corrected chi connectivity index (χ3v) is 3.24. The van der Waals surface area contributed by atoms with Gasteiger partial charge >= 0.3 is 5.97 Å². The molecule has 1 aliphatic carbocycles. The van der Waals surface area contributed by atoms with Crippen LogP contribution in [0.5, 0.6) is 0 Å². The molecule has 0 aromatic rings. The fourth-order valence-corrected chi connectivity index (χ4v) is 2.60. The van der Waals surface area contributed by atoms with E-state index in [0.717, 1.165) is 12.1 Å². The molecule has 0 N–H and O–H groups in total. The van der Waals surface area contributed by atoms with Crippen LogP contribution in [0.3, 0.4) is 0 Å². The maximum absolute atomic E-state index is 11.7. The van der Waals surface area contributed by atoms with Gasteiger partial charge in [-0.05, 0) is 19.3 Å². The van der Waals surface area contributed by atoms with Crippen molar-refractivity contribution in [3.05, 3.63) is 0 Å². The Morgan fingerprint density at radius 1 is 1.71 bits per heavy atom. The maximum atomic E-state index is 11.7. The first-order valence-corrected chi connectivity index (χ1v) is 4.91. The van der Waals surface area contributed by atoms with E-state index in [1.54, 1.807) is 0 Å². The fraction of sp³-hybridized carbons (Fsp3) is 0.800. The van der Waals surface area contributed by atoms with Crippen molar-refractivity contribution in [1.82, 2.24) is 0 Å². The van der Waals surface area contributed by atoms with Crippen molar-refractivity contribution in [2.45, 2.75) is 32.3 Å². The van der Waals surface area contributed by atoms with Crippen LogP contribution in [0.1, 0.15) is 26.7 Å². The highest BCUT2D eigenvalue weighted by Gasteiger charge is 2.59. The lowest BCUT2D eigenvalue weighted by molar-refractivity contribution is -0.169. The second-order valence-electron chi connectivity index (χ2n) is 4.30. The third kappa shape index (κ3) is 1.06. The monoisotopic (exact) mass is 197 g/mol. The van der Waals surface area contributed by atoms with Gasteiger partial charge in [0.15, 0.2) is 0 Å². The van der Waals surface area contributed by atoms with Gasteiger partial charge in [-0.2, -0.15) is 0 Å². The van der Waals surface area contributed by atoms with E-state index in [9.17, 15) is 4.79 Å². The summed E-state index contributed by atoms with van der Waals surface area (Å²) in [5.74, 6) is 0.321. The first-order chi connectivity index (χ1) is 6.60. The van der Waals surface area contributed by atoms with Crippen molar-refractivity contribution in [3.63, 3.8) is 0 Å². The Kier molecular flexibility index (Phi) is 2.01. The second kappa shape index (κ2) is 2.97. The zero-order chi connectivity index (χ0) is 10.3. The summed E-state index contributed by atoms with van der Waals surface area (Å²) in [5.41, 5.74) is 0.109. The smallest absolute Gasteiger partial charge is 0.353 e. The zero-order valence-corrected chi connectivity index (χ0v) is 8.74. The first-order valence-electron chi connectivity index (χ1n) is 4.91. The molecule has 3 atom stereocenters. The van der Waals surface area contributed by atoms with E-state index < -0.39 is 5.60 Å². The normalized spacial score (nSPS) is 40.1. The van der Waals surface area contributed by atoms with Gasteiger partial charge in [0.2, 0.25) is 5.60 Å². The van der Waals surface area contributed by atoms with E-state index >= 15 is 0 Å². The second-order valence-corrected chi connectivity index (χ2v) is 4.30. The van der Waals surface area contributed by atoms with Gasteiger partial charge in [-0.15, -0.1) is 0 Å². The number of oxime groups is 1. The molecule has 78 valence electrons. The lowest BCUT2D eigenvalue weighted by Crippen LogP contribution is -2.43. The molecule has 2 rings (SSSR count). The largest absolute Gasteiger partial charge is 0.466 e. The molecule has 4 nitrogen and oxygen atoms in total. The van der Waals surface area contributed by atoms with Crippen molar-refractivity contribution < 1.29 is 14.4 Å². The van der Waals surface area contributed by atoms with Crippen molar-refractivity contribution >= 4 is 11.7 Å². The number of esters is 1. The molecule has 3 unspecified atom stereocenters. The minimum Gasteiger partial charge on any atom is -0.466 e. The number of carbonyl (C=O) groups is 1. The van der Waals surface area contributed by atoms with Gasteiger partial charge in [-0.3, -0.25) is 0 Å². The number of rotatable bonds is 1. The van der Waals surface area contributed by atoms with Crippen LogP contribution in [0.25, 0.3) is 0 Å². The number of ether oxygens (including phenoxy) is 1.